The molecular formula is C27H31FN4O4. The average molecular weight is 495 g/mol. The Morgan fingerprint density at radius 3 is 2.50 bits per heavy atom. The molecule has 0 unspecified atom stereocenters. The zero-order valence-corrected chi connectivity index (χ0v) is 20.3. The predicted molar refractivity (Wildman–Crippen MR) is 133 cm³/mol. The first-order valence-electron chi connectivity index (χ1n) is 12.5. The summed E-state index contributed by atoms with van der Waals surface area (Å²) in [6.45, 7) is 1.92. The second-order valence-corrected chi connectivity index (χ2v) is 9.85. The number of fused-ring (bicyclic) bond motifs is 1. The van der Waals surface area contributed by atoms with Gasteiger partial charge in [-0.25, -0.2) is 4.39 Å². The molecule has 8 nitrogen and oxygen atoms in total. The number of nitrogens with one attached hydrogen (secondary N) is 3. The molecule has 5 rings (SSSR count). The summed E-state index contributed by atoms with van der Waals surface area (Å²) in [6.07, 6.45) is 6.86. The zero-order valence-electron chi connectivity index (χ0n) is 20.3. The molecule has 2 fully saturated rings. The number of amides is 2. The fourth-order valence-corrected chi connectivity index (χ4v) is 4.95. The van der Waals surface area contributed by atoms with E-state index in [0.29, 0.717) is 46.1 Å². The molecule has 0 atom stereocenters. The number of carbonyl (C=O) groups is 2. The molecule has 2 saturated carbocycles. The van der Waals surface area contributed by atoms with Crippen LogP contribution in [0.3, 0.4) is 0 Å². The first-order valence-corrected chi connectivity index (χ1v) is 12.5. The van der Waals surface area contributed by atoms with Crippen LogP contribution < -0.4 is 15.4 Å². The van der Waals surface area contributed by atoms with Crippen molar-refractivity contribution in [2.75, 3.05) is 13.2 Å². The molecule has 3 aromatic rings. The van der Waals surface area contributed by atoms with E-state index in [2.05, 4.69) is 20.6 Å². The third kappa shape index (κ3) is 5.21. The van der Waals surface area contributed by atoms with Gasteiger partial charge in [0.2, 0.25) is 5.91 Å². The number of benzene rings is 1. The van der Waals surface area contributed by atoms with E-state index in [1.165, 1.54) is 12.1 Å². The predicted octanol–water partition coefficient (Wildman–Crippen LogP) is 3.62. The van der Waals surface area contributed by atoms with Gasteiger partial charge in [0.15, 0.2) is 0 Å². The first-order chi connectivity index (χ1) is 17.4. The van der Waals surface area contributed by atoms with E-state index in [1.807, 2.05) is 6.92 Å². The van der Waals surface area contributed by atoms with Crippen molar-refractivity contribution in [1.29, 1.82) is 0 Å². The van der Waals surface area contributed by atoms with Crippen LogP contribution in [0, 0.1) is 18.7 Å². The Kier molecular flexibility index (Phi) is 6.91. The summed E-state index contributed by atoms with van der Waals surface area (Å²) >= 11 is 0. The molecule has 0 radical (unpaired) electrons. The van der Waals surface area contributed by atoms with Gasteiger partial charge >= 0.3 is 0 Å². The second kappa shape index (κ2) is 10.3. The highest BCUT2D eigenvalue weighted by molar-refractivity contribution is 6.09. The van der Waals surface area contributed by atoms with Gasteiger partial charge in [-0.1, -0.05) is 0 Å². The summed E-state index contributed by atoms with van der Waals surface area (Å²) < 4.78 is 20.3. The van der Waals surface area contributed by atoms with Crippen molar-refractivity contribution in [2.45, 2.75) is 57.5 Å². The van der Waals surface area contributed by atoms with Crippen molar-refractivity contribution >= 4 is 22.8 Å². The van der Waals surface area contributed by atoms with Gasteiger partial charge in [0, 0.05) is 35.1 Å². The van der Waals surface area contributed by atoms with E-state index >= 15 is 0 Å². The number of aryl methyl sites for hydroxylation is 1. The van der Waals surface area contributed by atoms with Gasteiger partial charge in [-0.15, -0.1) is 0 Å². The van der Waals surface area contributed by atoms with Gasteiger partial charge in [0.05, 0.1) is 17.7 Å². The maximum atomic E-state index is 14.3. The number of halogens is 1. The Hall–Kier alpha value is -3.46. The van der Waals surface area contributed by atoms with Crippen molar-refractivity contribution in [2.24, 2.45) is 5.92 Å². The SMILES string of the molecule is Cc1[nH]c2c(-c3cc(F)ccc3OCC3CC3)ccnc2c1C(=O)NC1CCC(NC(=O)CO)CC1. The molecule has 2 aromatic heterocycles. The minimum atomic E-state index is -0.519. The highest BCUT2D eigenvalue weighted by atomic mass is 19.1. The van der Waals surface area contributed by atoms with Crippen LogP contribution in [0.2, 0.25) is 0 Å². The van der Waals surface area contributed by atoms with Crippen LogP contribution in [-0.2, 0) is 4.79 Å². The molecule has 0 spiro atoms. The zero-order chi connectivity index (χ0) is 25.2. The summed E-state index contributed by atoms with van der Waals surface area (Å²) in [6, 6.07) is 6.31. The maximum absolute atomic E-state index is 14.3. The summed E-state index contributed by atoms with van der Waals surface area (Å²) in [5.41, 5.74) is 3.70. The number of ether oxygens (including phenoxy) is 1. The first kappa shape index (κ1) is 24.2. The second-order valence-electron chi connectivity index (χ2n) is 9.85. The molecule has 2 aliphatic carbocycles. The Morgan fingerprint density at radius 2 is 1.81 bits per heavy atom. The highest BCUT2D eigenvalue weighted by Gasteiger charge is 2.27. The van der Waals surface area contributed by atoms with Gasteiger partial charge in [0.1, 0.15) is 23.7 Å². The van der Waals surface area contributed by atoms with Crippen molar-refractivity contribution in [3.05, 3.63) is 47.5 Å². The third-order valence-corrected chi connectivity index (χ3v) is 7.08. The van der Waals surface area contributed by atoms with Gasteiger partial charge in [0.25, 0.3) is 5.91 Å². The number of hydrogen-bond acceptors (Lipinski definition) is 5. The van der Waals surface area contributed by atoms with E-state index in [9.17, 15) is 14.0 Å². The van der Waals surface area contributed by atoms with E-state index in [4.69, 9.17) is 9.84 Å². The number of pyridine rings is 1. The lowest BCUT2D eigenvalue weighted by Crippen LogP contribution is -2.44. The summed E-state index contributed by atoms with van der Waals surface area (Å²) in [7, 11) is 0. The number of hydrogen-bond donors (Lipinski definition) is 4. The minimum absolute atomic E-state index is 0.0134. The third-order valence-electron chi connectivity index (χ3n) is 7.08. The molecule has 2 heterocycles. The standard InChI is InChI=1S/C27H31FN4O4/c1-15-24(27(35)32-19-7-5-18(6-8-19)31-23(34)13-33)26-25(30-15)20(10-11-29-26)21-12-17(28)4-9-22(21)36-14-16-2-3-16/h4,9-12,16,18-19,30,33H,2-3,5-8,13-14H2,1H3,(H,31,34)(H,32,35). The molecule has 0 saturated heterocycles. The number of aromatic nitrogens is 2. The molecule has 4 N–H and O–H groups in total. The quantitative estimate of drug-likeness (QED) is 0.382. The number of aliphatic hydroxyl groups is 1. The monoisotopic (exact) mass is 494 g/mol. The van der Waals surface area contributed by atoms with Gasteiger partial charge in [-0.2, -0.15) is 0 Å². The molecule has 190 valence electrons. The van der Waals surface area contributed by atoms with Crippen molar-refractivity contribution in [1.82, 2.24) is 20.6 Å². The fraction of sp³-hybridized carbons (Fsp3) is 0.444. The van der Waals surface area contributed by atoms with Crippen LogP contribution in [0.15, 0.2) is 30.5 Å². The smallest absolute Gasteiger partial charge is 0.255 e. The largest absolute Gasteiger partial charge is 0.493 e. The molecule has 0 bridgehead atoms. The van der Waals surface area contributed by atoms with Crippen molar-refractivity contribution < 1.29 is 23.8 Å². The van der Waals surface area contributed by atoms with Crippen molar-refractivity contribution in [3.63, 3.8) is 0 Å². The highest BCUT2D eigenvalue weighted by Crippen LogP contribution is 2.38. The number of aromatic amines is 1. The normalized spacial score (nSPS) is 19.8. The maximum Gasteiger partial charge on any atom is 0.255 e. The van der Waals surface area contributed by atoms with Crippen LogP contribution in [0.5, 0.6) is 5.75 Å². The number of carbonyl (C=O) groups excluding carboxylic acids is 2. The van der Waals surface area contributed by atoms with Crippen molar-refractivity contribution in [3.8, 4) is 16.9 Å². The topological polar surface area (TPSA) is 116 Å². The average Bonchev–Trinajstić information content (AvgIpc) is 3.63. The van der Waals surface area contributed by atoms with Crippen LogP contribution in [0.4, 0.5) is 4.39 Å². The number of H-pyrrole nitrogens is 1. The van der Waals surface area contributed by atoms with Gasteiger partial charge in [-0.3, -0.25) is 14.6 Å². The summed E-state index contributed by atoms with van der Waals surface area (Å²) in [5.74, 6) is 0.220. The minimum Gasteiger partial charge on any atom is -0.493 e. The molecule has 1 aromatic carbocycles. The Bertz CT molecular complexity index is 1280. The molecule has 2 amide bonds. The van der Waals surface area contributed by atoms with Crippen LogP contribution >= 0.6 is 0 Å². The summed E-state index contributed by atoms with van der Waals surface area (Å²) in [5, 5.41) is 14.8. The Morgan fingerprint density at radius 1 is 1.08 bits per heavy atom. The molecular weight excluding hydrogens is 463 g/mol. The van der Waals surface area contributed by atoms with E-state index in [-0.39, 0.29) is 29.7 Å². The lowest BCUT2D eigenvalue weighted by atomic mass is 9.91. The van der Waals surface area contributed by atoms with E-state index in [1.54, 1.807) is 18.3 Å². The number of aliphatic hydroxyl groups excluding tert-OH is 1. The van der Waals surface area contributed by atoms with Crippen LogP contribution in [-0.4, -0.2) is 52.2 Å². The Balaban J connectivity index is 1.37. The number of rotatable bonds is 8. The Labute approximate surface area is 208 Å². The lowest BCUT2D eigenvalue weighted by molar-refractivity contribution is -0.124. The number of nitrogens with zero attached hydrogens (tertiary/aromatic N) is 1. The van der Waals surface area contributed by atoms with Crippen LogP contribution in [0.1, 0.15) is 54.6 Å². The van der Waals surface area contributed by atoms with E-state index < -0.39 is 6.61 Å². The molecule has 9 heteroatoms. The van der Waals surface area contributed by atoms with Gasteiger partial charge < -0.3 is 25.5 Å². The van der Waals surface area contributed by atoms with Gasteiger partial charge in [-0.05, 0) is 75.6 Å². The molecule has 0 aliphatic heterocycles. The van der Waals surface area contributed by atoms with E-state index in [0.717, 1.165) is 44.1 Å². The molecule has 36 heavy (non-hydrogen) atoms. The molecule has 2 aliphatic rings. The fourth-order valence-electron chi connectivity index (χ4n) is 4.95. The summed E-state index contributed by atoms with van der Waals surface area (Å²) in [4.78, 5) is 32.5. The van der Waals surface area contributed by atoms with Crippen LogP contribution in [0.25, 0.3) is 22.2 Å². The lowest BCUT2D eigenvalue weighted by Gasteiger charge is -2.29.